The van der Waals surface area contributed by atoms with Gasteiger partial charge in [-0.25, -0.2) is 14.5 Å². The van der Waals surface area contributed by atoms with E-state index in [1.165, 1.54) is 0 Å². The van der Waals surface area contributed by atoms with Gasteiger partial charge in [-0.05, 0) is 13.0 Å². The van der Waals surface area contributed by atoms with Crippen LogP contribution in [0.2, 0.25) is 0 Å². The Hall–Kier alpha value is -2.41. The molecular weight excluding hydrogens is 286 g/mol. The van der Waals surface area contributed by atoms with Crippen LogP contribution in [-0.2, 0) is 17.6 Å². The molecule has 0 atom stereocenters. The number of hydrogen-bond donors (Lipinski definition) is 1. The van der Waals surface area contributed by atoms with Crippen LogP contribution in [0.1, 0.15) is 27.3 Å². The molecule has 0 radical (unpaired) electrons. The molecule has 1 aliphatic heterocycles. The van der Waals surface area contributed by atoms with Crippen molar-refractivity contribution in [2.45, 2.75) is 19.8 Å². The minimum absolute atomic E-state index is 0.0916. The Morgan fingerprint density at radius 1 is 1.41 bits per heavy atom. The topological polar surface area (TPSA) is 86.5 Å². The molecule has 2 aromatic rings. The Kier molecular flexibility index (Phi) is 3.81. The van der Waals surface area contributed by atoms with E-state index in [0.717, 1.165) is 22.5 Å². The van der Waals surface area contributed by atoms with Gasteiger partial charge in [-0.2, -0.15) is 5.10 Å². The molecule has 3 rings (SSSR count). The Bertz CT molecular complexity index is 724. The molecule has 0 amide bonds. The number of aryl methyl sites for hydroxylation is 1. The first-order valence-corrected chi connectivity index (χ1v) is 7.04. The standard InChI is InChI=1S/C15H17N3O4/c1-9-7-10(8-16-14(9)21-2)18-12-4-6-22-5-3-11(12)13(17-18)15(19)20/h7-8H,3-6H2,1-2H3,(H,19,20). The molecule has 2 aromatic heterocycles. The van der Waals surface area contributed by atoms with Crippen LogP contribution in [0, 0.1) is 6.92 Å². The molecule has 0 aromatic carbocycles. The predicted molar refractivity (Wildman–Crippen MR) is 77.8 cm³/mol. The van der Waals surface area contributed by atoms with Gasteiger partial charge >= 0.3 is 5.97 Å². The second-order valence-corrected chi connectivity index (χ2v) is 5.12. The minimum Gasteiger partial charge on any atom is -0.481 e. The third kappa shape index (κ3) is 2.43. The molecule has 0 aliphatic carbocycles. The predicted octanol–water partition coefficient (Wildman–Crippen LogP) is 1.40. The number of carbonyl (C=O) groups is 1. The average molecular weight is 303 g/mol. The number of pyridine rings is 1. The number of methoxy groups -OCH3 is 1. The maximum absolute atomic E-state index is 11.4. The number of fused-ring (bicyclic) bond motifs is 1. The first-order chi connectivity index (χ1) is 10.6. The number of carboxylic acid groups (broad SMARTS) is 1. The van der Waals surface area contributed by atoms with Crippen LogP contribution in [0.15, 0.2) is 12.3 Å². The van der Waals surface area contributed by atoms with Gasteiger partial charge < -0.3 is 14.6 Å². The normalized spacial score (nSPS) is 14.3. The smallest absolute Gasteiger partial charge is 0.356 e. The van der Waals surface area contributed by atoms with Gasteiger partial charge in [0.15, 0.2) is 5.69 Å². The minimum atomic E-state index is -1.02. The fourth-order valence-corrected chi connectivity index (χ4v) is 2.71. The molecule has 0 fully saturated rings. The molecule has 7 heteroatoms. The lowest BCUT2D eigenvalue weighted by Crippen LogP contribution is -2.07. The van der Waals surface area contributed by atoms with Crippen molar-refractivity contribution >= 4 is 5.97 Å². The van der Waals surface area contributed by atoms with E-state index in [1.807, 2.05) is 13.0 Å². The zero-order chi connectivity index (χ0) is 15.7. The fraction of sp³-hybridized carbons (Fsp3) is 0.400. The van der Waals surface area contributed by atoms with Crippen LogP contribution in [0.4, 0.5) is 0 Å². The lowest BCUT2D eigenvalue weighted by molar-refractivity contribution is 0.0688. The van der Waals surface area contributed by atoms with Crippen molar-refractivity contribution in [2.75, 3.05) is 20.3 Å². The molecule has 1 aliphatic rings. The summed E-state index contributed by atoms with van der Waals surface area (Å²) >= 11 is 0. The lowest BCUT2D eigenvalue weighted by Gasteiger charge is -2.09. The molecule has 1 N–H and O–H groups in total. The molecule has 0 saturated carbocycles. The van der Waals surface area contributed by atoms with Crippen molar-refractivity contribution in [1.82, 2.24) is 14.8 Å². The van der Waals surface area contributed by atoms with E-state index in [-0.39, 0.29) is 5.69 Å². The summed E-state index contributed by atoms with van der Waals surface area (Å²) in [7, 11) is 1.56. The fourth-order valence-electron chi connectivity index (χ4n) is 2.71. The highest BCUT2D eigenvalue weighted by molar-refractivity contribution is 5.87. The largest absolute Gasteiger partial charge is 0.481 e. The SMILES string of the molecule is COc1ncc(-n2nc(C(=O)O)c3c2CCOCC3)cc1C. The molecule has 22 heavy (non-hydrogen) atoms. The molecule has 0 unspecified atom stereocenters. The third-order valence-electron chi connectivity index (χ3n) is 3.73. The number of nitrogens with zero attached hydrogens (tertiary/aromatic N) is 3. The van der Waals surface area contributed by atoms with Crippen molar-refractivity contribution in [3.8, 4) is 11.6 Å². The summed E-state index contributed by atoms with van der Waals surface area (Å²) < 4.78 is 12.3. The summed E-state index contributed by atoms with van der Waals surface area (Å²) in [5, 5.41) is 13.7. The van der Waals surface area contributed by atoms with Crippen molar-refractivity contribution < 1.29 is 19.4 Å². The molecule has 116 valence electrons. The summed E-state index contributed by atoms with van der Waals surface area (Å²) in [5.41, 5.74) is 3.31. The van der Waals surface area contributed by atoms with Crippen molar-refractivity contribution in [2.24, 2.45) is 0 Å². The van der Waals surface area contributed by atoms with Crippen LogP contribution in [-0.4, -0.2) is 46.2 Å². The van der Waals surface area contributed by atoms with Crippen molar-refractivity contribution in [1.29, 1.82) is 0 Å². The Morgan fingerprint density at radius 3 is 2.86 bits per heavy atom. The number of carboxylic acids is 1. The summed E-state index contributed by atoms with van der Waals surface area (Å²) in [5.74, 6) is -0.473. The second-order valence-electron chi connectivity index (χ2n) is 5.12. The summed E-state index contributed by atoms with van der Waals surface area (Å²) in [6.45, 7) is 2.96. The quantitative estimate of drug-likeness (QED) is 0.922. The highest BCUT2D eigenvalue weighted by atomic mass is 16.5. The van der Waals surface area contributed by atoms with Gasteiger partial charge in [0.1, 0.15) is 0 Å². The van der Waals surface area contributed by atoms with Gasteiger partial charge in [0.25, 0.3) is 0 Å². The van der Waals surface area contributed by atoms with Gasteiger partial charge in [0.2, 0.25) is 5.88 Å². The Balaban J connectivity index is 2.14. The van der Waals surface area contributed by atoms with Crippen LogP contribution in [0.25, 0.3) is 5.69 Å². The summed E-state index contributed by atoms with van der Waals surface area (Å²) in [6, 6.07) is 1.89. The van der Waals surface area contributed by atoms with Gasteiger partial charge in [-0.3, -0.25) is 0 Å². The van der Waals surface area contributed by atoms with Crippen LogP contribution in [0.5, 0.6) is 5.88 Å². The monoisotopic (exact) mass is 303 g/mol. The van der Waals surface area contributed by atoms with Crippen LogP contribution in [0.3, 0.4) is 0 Å². The first kappa shape index (κ1) is 14.5. The van der Waals surface area contributed by atoms with Gasteiger partial charge in [-0.1, -0.05) is 0 Å². The number of hydrogen-bond acceptors (Lipinski definition) is 5. The molecular formula is C15H17N3O4. The first-order valence-electron chi connectivity index (χ1n) is 7.04. The summed E-state index contributed by atoms with van der Waals surface area (Å²) in [6.07, 6.45) is 2.82. The van der Waals surface area contributed by atoms with E-state index in [0.29, 0.717) is 31.9 Å². The Labute approximate surface area is 127 Å². The number of aromatic nitrogens is 3. The molecule has 0 spiro atoms. The van der Waals surface area contributed by atoms with E-state index in [4.69, 9.17) is 9.47 Å². The molecule has 0 saturated heterocycles. The van der Waals surface area contributed by atoms with E-state index < -0.39 is 5.97 Å². The maximum atomic E-state index is 11.4. The third-order valence-corrected chi connectivity index (χ3v) is 3.73. The van der Waals surface area contributed by atoms with Crippen molar-refractivity contribution in [3.63, 3.8) is 0 Å². The molecule has 3 heterocycles. The van der Waals surface area contributed by atoms with Gasteiger partial charge in [0.05, 0.1) is 37.9 Å². The number of ether oxygens (including phenoxy) is 2. The highest BCUT2D eigenvalue weighted by Crippen LogP contribution is 2.24. The van der Waals surface area contributed by atoms with Gasteiger partial charge in [-0.15, -0.1) is 0 Å². The summed E-state index contributed by atoms with van der Waals surface area (Å²) in [4.78, 5) is 15.7. The van der Waals surface area contributed by atoms with E-state index in [9.17, 15) is 9.90 Å². The van der Waals surface area contributed by atoms with Crippen molar-refractivity contribution in [3.05, 3.63) is 34.8 Å². The Morgan fingerprint density at radius 2 is 2.18 bits per heavy atom. The maximum Gasteiger partial charge on any atom is 0.356 e. The van der Waals surface area contributed by atoms with E-state index >= 15 is 0 Å². The number of rotatable bonds is 3. The lowest BCUT2D eigenvalue weighted by atomic mass is 10.1. The zero-order valence-electron chi connectivity index (χ0n) is 12.5. The van der Waals surface area contributed by atoms with Gasteiger partial charge in [0, 0.05) is 24.0 Å². The van der Waals surface area contributed by atoms with E-state index in [1.54, 1.807) is 18.0 Å². The van der Waals surface area contributed by atoms with Crippen LogP contribution < -0.4 is 4.74 Å². The highest BCUT2D eigenvalue weighted by Gasteiger charge is 2.24. The zero-order valence-corrected chi connectivity index (χ0v) is 12.5. The average Bonchev–Trinajstić information content (AvgIpc) is 2.69. The molecule has 0 bridgehead atoms. The number of aromatic carboxylic acids is 1. The van der Waals surface area contributed by atoms with Crippen LogP contribution >= 0.6 is 0 Å². The molecule has 7 nitrogen and oxygen atoms in total. The second kappa shape index (κ2) is 5.76. The van der Waals surface area contributed by atoms with E-state index in [2.05, 4.69) is 10.1 Å².